The van der Waals surface area contributed by atoms with Gasteiger partial charge in [0, 0.05) is 29.3 Å². The molecule has 0 aliphatic carbocycles. The molecule has 0 aliphatic rings. The quantitative estimate of drug-likeness (QED) is 0.540. The lowest BCUT2D eigenvalue weighted by Crippen LogP contribution is -2.24. The summed E-state index contributed by atoms with van der Waals surface area (Å²) in [5.41, 5.74) is 4.15. The van der Waals surface area contributed by atoms with Crippen LogP contribution < -0.4 is 4.74 Å². The zero-order valence-corrected chi connectivity index (χ0v) is 18.9. The number of aliphatic hydroxyl groups excluding tert-OH is 1. The van der Waals surface area contributed by atoms with E-state index in [-0.39, 0.29) is 12.6 Å². The minimum absolute atomic E-state index is 0.113. The second-order valence-electron chi connectivity index (χ2n) is 7.05. The summed E-state index contributed by atoms with van der Waals surface area (Å²) in [4.78, 5) is 12.4. The molecular formula is C21H26BrN3O4. The van der Waals surface area contributed by atoms with E-state index in [0.717, 1.165) is 32.5 Å². The minimum Gasteiger partial charge on any atom is -0.491 e. The standard InChI is InChI=1S/C21H26BrN3O4/c1-6-28-21(27)19-13(3)24(5)18-8-7-16(9-17(18)19)29-11-15(26)10-25-14(4)20(22)12(2)23-25/h7-9,15,26H,6,10-11H2,1-5H3/t15-/m0/s1. The molecule has 29 heavy (non-hydrogen) atoms. The number of carbonyl (C=O) groups is 1. The number of nitrogens with zero attached hydrogens (tertiary/aromatic N) is 3. The first-order chi connectivity index (χ1) is 13.7. The van der Waals surface area contributed by atoms with Crippen molar-refractivity contribution in [3.05, 3.63) is 45.3 Å². The van der Waals surface area contributed by atoms with Gasteiger partial charge < -0.3 is 19.1 Å². The third-order valence-corrected chi connectivity index (χ3v) is 6.21. The van der Waals surface area contributed by atoms with Crippen molar-refractivity contribution in [3.8, 4) is 5.75 Å². The fraction of sp³-hybridized carbons (Fsp3) is 0.429. The van der Waals surface area contributed by atoms with E-state index in [9.17, 15) is 9.90 Å². The number of hydrogen-bond donors (Lipinski definition) is 1. The van der Waals surface area contributed by atoms with Gasteiger partial charge in [-0.3, -0.25) is 4.68 Å². The highest BCUT2D eigenvalue weighted by molar-refractivity contribution is 9.10. The Morgan fingerprint density at radius 3 is 2.62 bits per heavy atom. The Morgan fingerprint density at radius 1 is 1.28 bits per heavy atom. The smallest absolute Gasteiger partial charge is 0.340 e. The number of carbonyl (C=O) groups excluding carboxylic acids is 1. The van der Waals surface area contributed by atoms with Crippen LogP contribution in [-0.4, -0.2) is 44.7 Å². The van der Waals surface area contributed by atoms with Crippen LogP contribution in [0.3, 0.4) is 0 Å². The Balaban J connectivity index is 1.77. The van der Waals surface area contributed by atoms with Crippen LogP contribution in [0.2, 0.25) is 0 Å². The maximum atomic E-state index is 12.4. The molecule has 2 aromatic heterocycles. The van der Waals surface area contributed by atoms with Gasteiger partial charge in [0.2, 0.25) is 0 Å². The van der Waals surface area contributed by atoms with Crippen LogP contribution in [0.15, 0.2) is 22.7 Å². The molecule has 7 nitrogen and oxygen atoms in total. The lowest BCUT2D eigenvalue weighted by molar-refractivity contribution is 0.0527. The lowest BCUT2D eigenvalue weighted by Gasteiger charge is -2.14. The summed E-state index contributed by atoms with van der Waals surface area (Å²) in [6.45, 7) is 8.30. The van der Waals surface area contributed by atoms with Crippen molar-refractivity contribution in [1.82, 2.24) is 14.3 Å². The first kappa shape index (κ1) is 21.4. The van der Waals surface area contributed by atoms with E-state index in [1.165, 1.54) is 0 Å². The molecule has 2 heterocycles. The van der Waals surface area contributed by atoms with Gasteiger partial charge in [0.05, 0.1) is 28.9 Å². The van der Waals surface area contributed by atoms with E-state index in [1.54, 1.807) is 11.6 Å². The van der Waals surface area contributed by atoms with Gasteiger partial charge >= 0.3 is 5.97 Å². The minimum atomic E-state index is -0.724. The molecule has 0 radical (unpaired) electrons. The van der Waals surface area contributed by atoms with E-state index < -0.39 is 6.10 Å². The predicted molar refractivity (Wildman–Crippen MR) is 115 cm³/mol. The van der Waals surface area contributed by atoms with E-state index >= 15 is 0 Å². The molecule has 8 heteroatoms. The monoisotopic (exact) mass is 463 g/mol. The Bertz CT molecular complexity index is 1050. The summed E-state index contributed by atoms with van der Waals surface area (Å²) >= 11 is 3.49. The number of ether oxygens (including phenoxy) is 2. The van der Waals surface area contributed by atoms with Crippen molar-refractivity contribution in [2.75, 3.05) is 13.2 Å². The van der Waals surface area contributed by atoms with Gasteiger partial charge in [-0.2, -0.15) is 5.10 Å². The Kier molecular flexibility index (Phi) is 6.33. The highest BCUT2D eigenvalue weighted by Crippen LogP contribution is 2.29. The van der Waals surface area contributed by atoms with Crippen LogP contribution in [0.4, 0.5) is 0 Å². The van der Waals surface area contributed by atoms with Gasteiger partial charge in [-0.1, -0.05) is 0 Å². The molecule has 0 spiro atoms. The molecule has 0 aliphatic heterocycles. The fourth-order valence-corrected chi connectivity index (χ4v) is 3.68. The predicted octanol–water partition coefficient (Wildman–Crippen LogP) is 3.68. The van der Waals surface area contributed by atoms with Gasteiger partial charge in [0.15, 0.2) is 0 Å². The summed E-state index contributed by atoms with van der Waals surface area (Å²) in [6.07, 6.45) is -0.724. The van der Waals surface area contributed by atoms with Crippen LogP contribution in [0, 0.1) is 20.8 Å². The SMILES string of the molecule is CCOC(=O)c1c(C)n(C)c2ccc(OC[C@@H](O)Cn3nc(C)c(Br)c3C)cc12. The van der Waals surface area contributed by atoms with Gasteiger partial charge in [0.1, 0.15) is 18.5 Å². The molecule has 0 unspecified atom stereocenters. The molecule has 0 fully saturated rings. The average Bonchev–Trinajstić information content (AvgIpc) is 3.07. The second kappa shape index (κ2) is 8.59. The number of rotatable bonds is 7. The topological polar surface area (TPSA) is 78.5 Å². The molecule has 3 aromatic rings. The Morgan fingerprint density at radius 2 is 2.00 bits per heavy atom. The lowest BCUT2D eigenvalue weighted by atomic mass is 10.1. The number of benzene rings is 1. The highest BCUT2D eigenvalue weighted by atomic mass is 79.9. The highest BCUT2D eigenvalue weighted by Gasteiger charge is 2.20. The molecule has 3 rings (SSSR count). The molecule has 1 atom stereocenters. The zero-order valence-electron chi connectivity index (χ0n) is 17.3. The van der Waals surface area contributed by atoms with Crippen LogP contribution in [-0.2, 0) is 18.3 Å². The van der Waals surface area contributed by atoms with Crippen molar-refractivity contribution >= 4 is 32.8 Å². The van der Waals surface area contributed by atoms with Crippen LogP contribution >= 0.6 is 15.9 Å². The summed E-state index contributed by atoms with van der Waals surface area (Å²) in [5.74, 6) is 0.241. The van der Waals surface area contributed by atoms with E-state index in [0.29, 0.717) is 24.5 Å². The maximum Gasteiger partial charge on any atom is 0.340 e. The zero-order chi connectivity index (χ0) is 21.3. The molecule has 0 amide bonds. The van der Waals surface area contributed by atoms with E-state index in [2.05, 4.69) is 21.0 Å². The molecule has 156 valence electrons. The van der Waals surface area contributed by atoms with Crippen molar-refractivity contribution in [3.63, 3.8) is 0 Å². The van der Waals surface area contributed by atoms with Gasteiger partial charge in [-0.05, 0) is 61.8 Å². The number of hydrogen-bond acceptors (Lipinski definition) is 5. The van der Waals surface area contributed by atoms with Gasteiger partial charge in [0.25, 0.3) is 0 Å². The van der Waals surface area contributed by atoms with Crippen LogP contribution in [0.25, 0.3) is 10.9 Å². The first-order valence-corrected chi connectivity index (χ1v) is 10.3. The number of esters is 1. The molecule has 1 N–H and O–H groups in total. The third kappa shape index (κ3) is 4.18. The number of aliphatic hydroxyl groups is 1. The summed E-state index contributed by atoms with van der Waals surface area (Å²) in [5, 5.41) is 15.6. The number of halogens is 1. The number of aryl methyl sites for hydroxylation is 2. The third-order valence-electron chi connectivity index (χ3n) is 5.06. The van der Waals surface area contributed by atoms with Crippen molar-refractivity contribution in [2.24, 2.45) is 7.05 Å². The summed E-state index contributed by atoms with van der Waals surface area (Å²) in [7, 11) is 1.91. The molecule has 1 aromatic carbocycles. The molecule has 0 bridgehead atoms. The fourth-order valence-electron chi connectivity index (χ4n) is 3.40. The van der Waals surface area contributed by atoms with Crippen molar-refractivity contribution < 1.29 is 19.4 Å². The average molecular weight is 464 g/mol. The van der Waals surface area contributed by atoms with Crippen LogP contribution in [0.1, 0.15) is 34.4 Å². The molecule has 0 saturated carbocycles. The number of fused-ring (bicyclic) bond motifs is 1. The van der Waals surface area contributed by atoms with Crippen molar-refractivity contribution in [2.45, 2.75) is 40.3 Å². The van der Waals surface area contributed by atoms with Gasteiger partial charge in [-0.15, -0.1) is 0 Å². The molecular weight excluding hydrogens is 438 g/mol. The van der Waals surface area contributed by atoms with Gasteiger partial charge in [-0.25, -0.2) is 4.79 Å². The van der Waals surface area contributed by atoms with E-state index in [4.69, 9.17) is 9.47 Å². The van der Waals surface area contributed by atoms with Crippen molar-refractivity contribution in [1.29, 1.82) is 0 Å². The largest absolute Gasteiger partial charge is 0.491 e. The summed E-state index contributed by atoms with van der Waals surface area (Å²) < 4.78 is 15.7. The Hall–Kier alpha value is -2.32. The van der Waals surface area contributed by atoms with E-state index in [1.807, 2.05) is 50.6 Å². The second-order valence-corrected chi connectivity index (χ2v) is 7.84. The maximum absolute atomic E-state index is 12.4. The molecule has 0 saturated heterocycles. The normalized spacial score (nSPS) is 12.4. The number of aromatic nitrogens is 3. The Labute approximate surface area is 178 Å². The van der Waals surface area contributed by atoms with Crippen LogP contribution in [0.5, 0.6) is 5.75 Å². The summed E-state index contributed by atoms with van der Waals surface area (Å²) in [6, 6.07) is 5.56. The first-order valence-electron chi connectivity index (χ1n) is 9.51.